The average molecular weight is 299 g/mol. The van der Waals surface area contributed by atoms with E-state index in [4.69, 9.17) is 0 Å². The van der Waals surface area contributed by atoms with Gasteiger partial charge in [0, 0.05) is 11.8 Å². The van der Waals surface area contributed by atoms with Gasteiger partial charge in [-0.2, -0.15) is 5.10 Å². The third kappa shape index (κ3) is 2.90. The number of hydrogen-bond donors (Lipinski definition) is 2. The molecule has 1 aromatic carbocycles. The van der Waals surface area contributed by atoms with Gasteiger partial charge in [0.05, 0.1) is 23.5 Å². The van der Waals surface area contributed by atoms with Crippen LogP contribution in [0.5, 0.6) is 0 Å². The molecule has 0 radical (unpaired) electrons. The molecule has 0 unspecified atom stereocenters. The van der Waals surface area contributed by atoms with E-state index in [1.54, 1.807) is 16.8 Å². The third-order valence-corrected chi connectivity index (χ3v) is 4.36. The molecule has 0 aliphatic heterocycles. The molecule has 1 fully saturated rings. The van der Waals surface area contributed by atoms with Crippen LogP contribution < -0.4 is 5.32 Å². The first-order valence-corrected chi connectivity index (χ1v) is 7.68. The van der Waals surface area contributed by atoms with E-state index < -0.39 is 5.54 Å². The minimum atomic E-state index is -0.436. The van der Waals surface area contributed by atoms with Crippen molar-refractivity contribution in [3.63, 3.8) is 0 Å². The number of carbonyl (C=O) groups is 1. The van der Waals surface area contributed by atoms with Gasteiger partial charge in [-0.05, 0) is 50.1 Å². The number of aromatic nitrogens is 2. The predicted octanol–water partition coefficient (Wildman–Crippen LogP) is 2.22. The smallest absolute Gasteiger partial charge is 0.251 e. The molecule has 2 aromatic rings. The van der Waals surface area contributed by atoms with Crippen molar-refractivity contribution >= 4 is 5.91 Å². The van der Waals surface area contributed by atoms with Crippen molar-refractivity contribution in [2.24, 2.45) is 0 Å². The summed E-state index contributed by atoms with van der Waals surface area (Å²) in [7, 11) is 0. The van der Waals surface area contributed by atoms with Gasteiger partial charge >= 0.3 is 0 Å². The summed E-state index contributed by atoms with van der Waals surface area (Å²) >= 11 is 0. The first-order chi connectivity index (χ1) is 10.6. The van der Waals surface area contributed by atoms with Crippen LogP contribution in [0.4, 0.5) is 0 Å². The number of benzene rings is 1. The Hall–Kier alpha value is -2.14. The molecule has 0 atom stereocenters. The van der Waals surface area contributed by atoms with Crippen LogP contribution in [-0.2, 0) is 0 Å². The summed E-state index contributed by atoms with van der Waals surface area (Å²) in [5.74, 6) is -0.126. The molecular formula is C17H21N3O2. The summed E-state index contributed by atoms with van der Waals surface area (Å²) in [5.41, 5.74) is 2.04. The fourth-order valence-corrected chi connectivity index (χ4v) is 3.01. The number of amides is 1. The molecule has 22 heavy (non-hydrogen) atoms. The molecule has 1 saturated carbocycles. The number of hydrogen-bond acceptors (Lipinski definition) is 3. The van der Waals surface area contributed by atoms with Gasteiger partial charge in [-0.15, -0.1) is 0 Å². The number of aryl methyl sites for hydroxylation is 1. The van der Waals surface area contributed by atoms with E-state index in [0.29, 0.717) is 5.56 Å². The number of aliphatic hydroxyl groups excluding tert-OH is 1. The molecule has 1 aromatic heterocycles. The lowest BCUT2D eigenvalue weighted by Gasteiger charge is -2.28. The van der Waals surface area contributed by atoms with Gasteiger partial charge in [0.25, 0.3) is 5.91 Å². The van der Waals surface area contributed by atoms with Gasteiger partial charge in [0.15, 0.2) is 0 Å². The number of nitrogens with one attached hydrogen (secondary N) is 1. The van der Waals surface area contributed by atoms with Crippen molar-refractivity contribution in [1.82, 2.24) is 15.1 Å². The van der Waals surface area contributed by atoms with Gasteiger partial charge in [-0.25, -0.2) is 4.68 Å². The van der Waals surface area contributed by atoms with Crippen LogP contribution in [0, 0.1) is 6.92 Å². The van der Waals surface area contributed by atoms with Gasteiger partial charge in [-0.1, -0.05) is 12.8 Å². The lowest BCUT2D eigenvalue weighted by Crippen LogP contribution is -2.49. The van der Waals surface area contributed by atoms with Crippen LogP contribution in [0.25, 0.3) is 5.69 Å². The minimum Gasteiger partial charge on any atom is -0.394 e. The highest BCUT2D eigenvalue weighted by Crippen LogP contribution is 2.29. The van der Waals surface area contributed by atoms with E-state index in [0.717, 1.165) is 37.1 Å². The van der Waals surface area contributed by atoms with Gasteiger partial charge in [0.1, 0.15) is 0 Å². The molecule has 0 spiro atoms. The zero-order valence-corrected chi connectivity index (χ0v) is 12.7. The van der Waals surface area contributed by atoms with Crippen LogP contribution in [0.1, 0.15) is 41.7 Å². The van der Waals surface area contributed by atoms with E-state index in [1.165, 1.54) is 0 Å². The standard InChI is InChI=1S/C17H21N3O2/c1-13-8-11-20(19-13)15-6-4-14(5-7-15)16(22)18-17(12-21)9-2-3-10-17/h4-8,11,21H,2-3,9-10,12H2,1H3,(H,18,22). The molecule has 1 aliphatic rings. The van der Waals surface area contributed by atoms with Crippen LogP contribution in [0.2, 0.25) is 0 Å². The topological polar surface area (TPSA) is 67.2 Å². The molecule has 5 heteroatoms. The second-order valence-electron chi connectivity index (χ2n) is 6.05. The predicted molar refractivity (Wildman–Crippen MR) is 84.1 cm³/mol. The van der Waals surface area contributed by atoms with Crippen LogP contribution in [-0.4, -0.2) is 32.9 Å². The largest absolute Gasteiger partial charge is 0.394 e. The summed E-state index contributed by atoms with van der Waals surface area (Å²) in [4.78, 5) is 12.4. The Kier molecular flexibility index (Phi) is 3.98. The second kappa shape index (κ2) is 5.93. The van der Waals surface area contributed by atoms with Gasteiger partial charge < -0.3 is 10.4 Å². The van der Waals surface area contributed by atoms with Crippen molar-refractivity contribution in [2.45, 2.75) is 38.1 Å². The Morgan fingerprint density at radius 2 is 1.95 bits per heavy atom. The Labute approximate surface area is 130 Å². The molecule has 5 nitrogen and oxygen atoms in total. The Balaban J connectivity index is 1.73. The second-order valence-corrected chi connectivity index (χ2v) is 6.05. The van der Waals surface area contributed by atoms with Crippen molar-refractivity contribution in [2.75, 3.05) is 6.61 Å². The summed E-state index contributed by atoms with van der Waals surface area (Å²) in [5, 5.41) is 16.9. The zero-order chi connectivity index (χ0) is 15.6. The van der Waals surface area contributed by atoms with E-state index >= 15 is 0 Å². The zero-order valence-electron chi connectivity index (χ0n) is 12.7. The Morgan fingerprint density at radius 1 is 1.27 bits per heavy atom. The van der Waals surface area contributed by atoms with Crippen LogP contribution in [0.15, 0.2) is 36.5 Å². The normalized spacial score (nSPS) is 16.6. The summed E-state index contributed by atoms with van der Waals surface area (Å²) in [6.45, 7) is 1.94. The monoisotopic (exact) mass is 299 g/mol. The molecule has 1 aliphatic carbocycles. The number of nitrogens with zero attached hydrogens (tertiary/aromatic N) is 2. The first-order valence-electron chi connectivity index (χ1n) is 7.68. The fourth-order valence-electron chi connectivity index (χ4n) is 3.01. The van der Waals surface area contributed by atoms with E-state index in [2.05, 4.69) is 10.4 Å². The van der Waals surface area contributed by atoms with Gasteiger partial charge in [-0.3, -0.25) is 4.79 Å². The first kappa shape index (κ1) is 14.8. The Morgan fingerprint density at radius 3 is 2.50 bits per heavy atom. The maximum absolute atomic E-state index is 12.4. The number of aliphatic hydroxyl groups is 1. The van der Waals surface area contributed by atoms with Gasteiger partial charge in [0.2, 0.25) is 0 Å². The summed E-state index contributed by atoms with van der Waals surface area (Å²) in [6, 6.07) is 9.28. The maximum atomic E-state index is 12.4. The Bertz CT molecular complexity index is 655. The number of carbonyl (C=O) groups excluding carboxylic acids is 1. The van der Waals surface area contributed by atoms with Crippen molar-refractivity contribution < 1.29 is 9.90 Å². The summed E-state index contributed by atoms with van der Waals surface area (Å²) < 4.78 is 1.78. The van der Waals surface area contributed by atoms with E-state index in [1.807, 2.05) is 31.3 Å². The lowest BCUT2D eigenvalue weighted by molar-refractivity contribution is 0.0838. The highest BCUT2D eigenvalue weighted by Gasteiger charge is 2.34. The van der Waals surface area contributed by atoms with Crippen LogP contribution >= 0.6 is 0 Å². The molecule has 1 amide bonds. The van der Waals surface area contributed by atoms with Crippen molar-refractivity contribution in [1.29, 1.82) is 0 Å². The SMILES string of the molecule is Cc1ccn(-c2ccc(C(=O)NC3(CO)CCCC3)cc2)n1. The fraction of sp³-hybridized carbons (Fsp3) is 0.412. The minimum absolute atomic E-state index is 0.00336. The third-order valence-electron chi connectivity index (χ3n) is 4.36. The molecule has 0 saturated heterocycles. The van der Waals surface area contributed by atoms with Crippen LogP contribution in [0.3, 0.4) is 0 Å². The summed E-state index contributed by atoms with van der Waals surface area (Å²) in [6.07, 6.45) is 5.69. The molecule has 116 valence electrons. The average Bonchev–Trinajstić information content (AvgIpc) is 3.17. The highest BCUT2D eigenvalue weighted by atomic mass is 16.3. The maximum Gasteiger partial charge on any atom is 0.251 e. The quantitative estimate of drug-likeness (QED) is 0.909. The lowest BCUT2D eigenvalue weighted by atomic mass is 9.98. The molecule has 3 rings (SSSR count). The number of rotatable bonds is 4. The molecular weight excluding hydrogens is 278 g/mol. The molecule has 0 bridgehead atoms. The highest BCUT2D eigenvalue weighted by molar-refractivity contribution is 5.94. The van der Waals surface area contributed by atoms with E-state index in [-0.39, 0.29) is 12.5 Å². The van der Waals surface area contributed by atoms with Crippen molar-refractivity contribution in [3.8, 4) is 5.69 Å². The van der Waals surface area contributed by atoms with Crippen molar-refractivity contribution in [3.05, 3.63) is 47.8 Å². The van der Waals surface area contributed by atoms with E-state index in [9.17, 15) is 9.90 Å². The molecule has 1 heterocycles. The molecule has 2 N–H and O–H groups in total.